The van der Waals surface area contributed by atoms with Crippen molar-refractivity contribution in [1.82, 2.24) is 25.0 Å². The third-order valence-electron chi connectivity index (χ3n) is 5.29. The van der Waals surface area contributed by atoms with Gasteiger partial charge in [-0.25, -0.2) is 14.2 Å². The standard InChI is InChI=1S/C21H17FN7O4/c22-13-4-2-5-14(8-13)25-21(30)28-10-17-16(23-11-24-17)9-18(28)20-26-19(27-33-20)12-3-1-6-15(7-12)29(31)32/h1-8,11,18,31H,9-10H2,(H,23,24)(H,25,30)/q-1/t18-/m0/s1. The Balaban J connectivity index is 1.45. The highest BCUT2D eigenvalue weighted by molar-refractivity contribution is 5.89. The first kappa shape index (κ1) is 20.6. The molecule has 2 aromatic carbocycles. The molecular formula is C21H17FN7O4-. The average molecular weight is 450 g/mol. The normalized spacial score (nSPS) is 15.2. The van der Waals surface area contributed by atoms with Gasteiger partial charge in [-0.1, -0.05) is 23.4 Å². The van der Waals surface area contributed by atoms with Crippen LogP contribution in [-0.4, -0.2) is 36.2 Å². The summed E-state index contributed by atoms with van der Waals surface area (Å²) in [5, 5.41) is 26.7. The van der Waals surface area contributed by atoms with Gasteiger partial charge in [0, 0.05) is 17.7 Å². The van der Waals surface area contributed by atoms with Crippen LogP contribution in [0.2, 0.25) is 0 Å². The minimum atomic E-state index is -0.632. The Bertz CT molecular complexity index is 1310. The Morgan fingerprint density at radius 2 is 2.15 bits per heavy atom. The molecule has 5 rings (SSSR count). The van der Waals surface area contributed by atoms with Gasteiger partial charge in [-0.3, -0.25) is 5.21 Å². The van der Waals surface area contributed by atoms with Crippen LogP contribution in [0, 0.1) is 11.0 Å². The number of urea groups is 1. The summed E-state index contributed by atoms with van der Waals surface area (Å²) in [6.07, 6.45) is 1.87. The Morgan fingerprint density at radius 3 is 2.97 bits per heavy atom. The molecule has 1 atom stereocenters. The van der Waals surface area contributed by atoms with Crippen molar-refractivity contribution in [3.63, 3.8) is 0 Å². The number of rotatable bonds is 4. The highest BCUT2D eigenvalue weighted by Crippen LogP contribution is 2.33. The van der Waals surface area contributed by atoms with Crippen LogP contribution in [0.25, 0.3) is 11.4 Å². The van der Waals surface area contributed by atoms with E-state index in [1.165, 1.54) is 35.2 Å². The molecule has 0 fully saturated rings. The van der Waals surface area contributed by atoms with Crippen molar-refractivity contribution in [2.45, 2.75) is 19.0 Å². The third kappa shape index (κ3) is 4.12. The molecule has 0 aliphatic carbocycles. The quantitative estimate of drug-likeness (QED) is 0.400. The molecule has 4 aromatic rings. The van der Waals surface area contributed by atoms with E-state index >= 15 is 0 Å². The molecule has 2 aromatic heterocycles. The Morgan fingerprint density at radius 1 is 1.30 bits per heavy atom. The average Bonchev–Trinajstić information content (AvgIpc) is 3.47. The van der Waals surface area contributed by atoms with E-state index in [0.29, 0.717) is 17.7 Å². The fourth-order valence-electron chi connectivity index (χ4n) is 3.68. The second-order valence-corrected chi connectivity index (χ2v) is 7.40. The van der Waals surface area contributed by atoms with E-state index in [1.54, 1.807) is 24.5 Å². The van der Waals surface area contributed by atoms with E-state index < -0.39 is 17.9 Å². The molecule has 0 unspecified atom stereocenters. The van der Waals surface area contributed by atoms with Crippen molar-refractivity contribution >= 4 is 17.4 Å². The number of H-pyrrole nitrogens is 1. The number of nitrogens with one attached hydrogen (secondary N) is 2. The lowest BCUT2D eigenvalue weighted by atomic mass is 10.0. The lowest BCUT2D eigenvalue weighted by molar-refractivity contribution is 0.155. The van der Waals surface area contributed by atoms with Crippen molar-refractivity contribution in [3.8, 4) is 11.4 Å². The van der Waals surface area contributed by atoms with Crippen LogP contribution < -0.4 is 10.5 Å². The molecule has 3 heterocycles. The van der Waals surface area contributed by atoms with Crippen LogP contribution in [0.15, 0.2) is 59.4 Å². The van der Waals surface area contributed by atoms with E-state index in [0.717, 1.165) is 11.4 Å². The number of hydrogen-bond donors (Lipinski definition) is 3. The number of hydrogen-bond acceptors (Lipinski definition) is 8. The van der Waals surface area contributed by atoms with Gasteiger partial charge in [0.1, 0.15) is 11.9 Å². The molecule has 1 aliphatic rings. The van der Waals surface area contributed by atoms with Gasteiger partial charge in [0.15, 0.2) is 0 Å². The Labute approximate surface area is 186 Å². The summed E-state index contributed by atoms with van der Waals surface area (Å²) in [6, 6.07) is 10.5. The molecule has 168 valence electrons. The monoisotopic (exact) mass is 450 g/mol. The maximum Gasteiger partial charge on any atom is 0.322 e. The zero-order chi connectivity index (χ0) is 22.9. The SMILES string of the molecule is O=C(Nc1cccc(F)c1)N1Cc2[nH]cnc2C[C@H]1c1nc(-c2cccc(N([O-])O)c2)no1. The van der Waals surface area contributed by atoms with Gasteiger partial charge in [-0.15, -0.1) is 0 Å². The summed E-state index contributed by atoms with van der Waals surface area (Å²) < 4.78 is 19.0. The number of carbonyl (C=O) groups excluding carboxylic acids is 1. The predicted octanol–water partition coefficient (Wildman–Crippen LogP) is 3.62. The molecule has 33 heavy (non-hydrogen) atoms. The van der Waals surface area contributed by atoms with Crippen LogP contribution >= 0.6 is 0 Å². The number of benzene rings is 2. The number of imidazole rings is 1. The smallest absolute Gasteiger partial charge is 0.322 e. The molecule has 0 saturated heterocycles. The first-order chi connectivity index (χ1) is 16.0. The summed E-state index contributed by atoms with van der Waals surface area (Å²) in [4.78, 5) is 26.3. The van der Waals surface area contributed by atoms with Gasteiger partial charge < -0.3 is 30.2 Å². The van der Waals surface area contributed by atoms with E-state index in [4.69, 9.17) is 9.73 Å². The van der Waals surface area contributed by atoms with Crippen molar-refractivity contribution in [1.29, 1.82) is 0 Å². The van der Waals surface area contributed by atoms with Crippen LogP contribution in [0.5, 0.6) is 0 Å². The molecule has 0 bridgehead atoms. The lowest BCUT2D eigenvalue weighted by Crippen LogP contribution is -2.41. The van der Waals surface area contributed by atoms with Gasteiger partial charge in [-0.05, 0) is 30.3 Å². The second-order valence-electron chi connectivity index (χ2n) is 7.40. The van der Waals surface area contributed by atoms with E-state index in [9.17, 15) is 14.4 Å². The minimum absolute atomic E-state index is 0.00813. The van der Waals surface area contributed by atoms with Crippen LogP contribution in [-0.2, 0) is 13.0 Å². The van der Waals surface area contributed by atoms with Gasteiger partial charge in [0.05, 0.1) is 29.9 Å². The highest BCUT2D eigenvalue weighted by Gasteiger charge is 2.36. The van der Waals surface area contributed by atoms with Gasteiger partial charge >= 0.3 is 6.03 Å². The fraction of sp³-hybridized carbons (Fsp3) is 0.143. The van der Waals surface area contributed by atoms with Crippen molar-refractivity contribution < 1.29 is 18.9 Å². The number of aromatic amines is 1. The Kier molecular flexibility index (Phi) is 5.20. The molecule has 2 amide bonds. The van der Waals surface area contributed by atoms with Gasteiger partial charge in [0.2, 0.25) is 11.7 Å². The van der Waals surface area contributed by atoms with Crippen LogP contribution in [0.1, 0.15) is 23.3 Å². The number of halogens is 1. The number of amides is 2. The molecular weight excluding hydrogens is 433 g/mol. The topological polar surface area (TPSA) is 146 Å². The summed E-state index contributed by atoms with van der Waals surface area (Å²) in [7, 11) is 0. The maximum atomic E-state index is 13.5. The van der Waals surface area contributed by atoms with Gasteiger partial charge in [0.25, 0.3) is 0 Å². The summed E-state index contributed by atoms with van der Waals surface area (Å²) in [5.74, 6) is -0.115. The third-order valence-corrected chi connectivity index (χ3v) is 5.29. The Hall–Kier alpha value is -4.29. The maximum absolute atomic E-state index is 13.5. The number of carbonyl (C=O) groups is 1. The molecule has 12 heteroatoms. The number of nitrogens with zero attached hydrogens (tertiary/aromatic N) is 5. The first-order valence-corrected chi connectivity index (χ1v) is 9.92. The zero-order valence-electron chi connectivity index (χ0n) is 17.0. The van der Waals surface area contributed by atoms with E-state index in [-0.39, 0.29) is 29.2 Å². The fourth-order valence-corrected chi connectivity index (χ4v) is 3.68. The highest BCUT2D eigenvalue weighted by atomic mass is 19.1. The minimum Gasteiger partial charge on any atom is -0.733 e. The second kappa shape index (κ2) is 8.33. The number of anilines is 2. The molecule has 0 radical (unpaired) electrons. The predicted molar refractivity (Wildman–Crippen MR) is 113 cm³/mol. The van der Waals surface area contributed by atoms with Crippen LogP contribution in [0.3, 0.4) is 0 Å². The summed E-state index contributed by atoms with van der Waals surface area (Å²) >= 11 is 0. The van der Waals surface area contributed by atoms with Crippen molar-refractivity contribution in [2.24, 2.45) is 0 Å². The number of aromatic nitrogens is 4. The molecule has 3 N–H and O–H groups in total. The van der Waals surface area contributed by atoms with E-state index in [2.05, 4.69) is 25.4 Å². The molecule has 0 spiro atoms. The molecule has 11 nitrogen and oxygen atoms in total. The molecule has 0 saturated carbocycles. The summed E-state index contributed by atoms with van der Waals surface area (Å²) in [5.41, 5.74) is 2.30. The summed E-state index contributed by atoms with van der Waals surface area (Å²) in [6.45, 7) is 0.198. The van der Waals surface area contributed by atoms with Crippen molar-refractivity contribution in [2.75, 3.05) is 10.5 Å². The van der Waals surface area contributed by atoms with Crippen molar-refractivity contribution in [3.05, 3.63) is 83.2 Å². The molecule has 1 aliphatic heterocycles. The van der Waals surface area contributed by atoms with Gasteiger partial charge in [-0.2, -0.15) is 4.98 Å². The largest absolute Gasteiger partial charge is 0.733 e. The van der Waals surface area contributed by atoms with E-state index in [1.807, 2.05) is 0 Å². The first-order valence-electron chi connectivity index (χ1n) is 9.92. The zero-order valence-corrected chi connectivity index (χ0v) is 17.0. The van der Waals surface area contributed by atoms with Crippen LogP contribution in [0.4, 0.5) is 20.6 Å². The lowest BCUT2D eigenvalue weighted by Gasteiger charge is -2.32. The number of fused-ring (bicyclic) bond motifs is 1.